The normalized spacial score (nSPS) is 12.5. The first-order valence-electron chi connectivity index (χ1n) is 8.02. The van der Waals surface area contributed by atoms with Crippen LogP contribution in [-0.2, 0) is 20.0 Å². The van der Waals surface area contributed by atoms with Gasteiger partial charge in [0.05, 0.1) is 7.05 Å². The number of aryl methyl sites for hydroxylation is 1. The maximum Gasteiger partial charge on any atom is 0.256 e. The molecule has 1 heterocycles. The van der Waals surface area contributed by atoms with Gasteiger partial charge in [-0.1, -0.05) is 37.3 Å². The summed E-state index contributed by atoms with van der Waals surface area (Å²) in [7, 11) is 2.07. The molecule has 1 N–H and O–H groups in total. The molecule has 23 heavy (non-hydrogen) atoms. The highest BCUT2D eigenvalue weighted by Gasteiger charge is 2.23. The first-order chi connectivity index (χ1) is 11.2. The molecule has 0 fully saturated rings. The van der Waals surface area contributed by atoms with Gasteiger partial charge in [-0.3, -0.25) is 0 Å². The summed E-state index contributed by atoms with van der Waals surface area (Å²) in [4.78, 5) is 0. The van der Waals surface area contributed by atoms with Crippen LogP contribution in [0.25, 0.3) is 11.0 Å². The fraction of sp³-hybridized carbons (Fsp3) is 0.316. The van der Waals surface area contributed by atoms with Gasteiger partial charge >= 0.3 is 0 Å². The minimum Gasteiger partial charge on any atom is -0.491 e. The van der Waals surface area contributed by atoms with Gasteiger partial charge in [-0.05, 0) is 24.3 Å². The van der Waals surface area contributed by atoms with E-state index in [0.717, 1.165) is 17.7 Å². The number of rotatable bonds is 6. The lowest BCUT2D eigenvalue weighted by Crippen LogP contribution is -2.34. The monoisotopic (exact) mass is 311 g/mol. The van der Waals surface area contributed by atoms with E-state index < -0.39 is 6.10 Å². The van der Waals surface area contributed by atoms with Crippen LogP contribution < -0.4 is 9.30 Å². The molecule has 3 rings (SSSR count). The highest BCUT2D eigenvalue weighted by Crippen LogP contribution is 2.16. The van der Waals surface area contributed by atoms with Crippen LogP contribution in [0.15, 0.2) is 54.6 Å². The summed E-state index contributed by atoms with van der Waals surface area (Å²) in [5.41, 5.74) is 2.33. The topological polar surface area (TPSA) is 38.3 Å². The SMILES string of the molecule is CCc1n(C[C@@H](O)COc2ccccc2)c2ccccc2[n+]1C. The fourth-order valence-corrected chi connectivity index (χ4v) is 3.04. The number of hydrogen-bond acceptors (Lipinski definition) is 2. The second-order valence-electron chi connectivity index (χ2n) is 5.71. The molecule has 0 aliphatic heterocycles. The van der Waals surface area contributed by atoms with Crippen molar-refractivity contribution < 1.29 is 14.4 Å². The number of hydrogen-bond donors (Lipinski definition) is 1. The Bertz CT molecular complexity index is 781. The van der Waals surface area contributed by atoms with Crippen LogP contribution in [0.1, 0.15) is 12.7 Å². The van der Waals surface area contributed by atoms with Gasteiger partial charge in [-0.25, -0.2) is 9.13 Å². The van der Waals surface area contributed by atoms with Crippen LogP contribution in [0, 0.1) is 0 Å². The second-order valence-corrected chi connectivity index (χ2v) is 5.71. The van der Waals surface area contributed by atoms with Crippen molar-refractivity contribution in [2.24, 2.45) is 7.05 Å². The van der Waals surface area contributed by atoms with Crippen molar-refractivity contribution in [2.75, 3.05) is 6.61 Å². The number of aliphatic hydroxyl groups excluding tert-OH is 1. The third-order valence-electron chi connectivity index (χ3n) is 4.13. The van der Waals surface area contributed by atoms with Crippen molar-refractivity contribution in [1.29, 1.82) is 0 Å². The molecule has 0 aliphatic rings. The number of aliphatic hydroxyl groups is 1. The molecule has 4 nitrogen and oxygen atoms in total. The van der Waals surface area contributed by atoms with E-state index in [1.54, 1.807) is 0 Å². The third-order valence-corrected chi connectivity index (χ3v) is 4.13. The molecule has 0 amide bonds. The summed E-state index contributed by atoms with van der Waals surface area (Å²) in [6.07, 6.45) is 0.355. The molecule has 4 heteroatoms. The Morgan fingerprint density at radius 1 is 1.09 bits per heavy atom. The van der Waals surface area contributed by atoms with Crippen LogP contribution in [0.4, 0.5) is 0 Å². The molecule has 0 spiro atoms. The van der Waals surface area contributed by atoms with Crippen LogP contribution in [0.3, 0.4) is 0 Å². The number of ether oxygens (including phenoxy) is 1. The molecular weight excluding hydrogens is 288 g/mol. The molecule has 0 bridgehead atoms. The molecule has 0 radical (unpaired) electrons. The predicted octanol–water partition coefficient (Wildman–Crippen LogP) is 2.47. The minimum atomic E-state index is -0.559. The fourth-order valence-electron chi connectivity index (χ4n) is 3.04. The Balaban J connectivity index is 1.78. The van der Waals surface area contributed by atoms with Crippen LogP contribution >= 0.6 is 0 Å². The Morgan fingerprint density at radius 2 is 1.78 bits per heavy atom. The zero-order valence-corrected chi connectivity index (χ0v) is 13.6. The highest BCUT2D eigenvalue weighted by atomic mass is 16.5. The smallest absolute Gasteiger partial charge is 0.256 e. The maximum atomic E-state index is 10.4. The molecular formula is C19H23N2O2+. The zero-order valence-electron chi connectivity index (χ0n) is 13.6. The summed E-state index contributed by atoms with van der Waals surface area (Å²) in [6, 6.07) is 17.9. The number of fused-ring (bicyclic) bond motifs is 1. The summed E-state index contributed by atoms with van der Waals surface area (Å²) < 4.78 is 10.0. The van der Waals surface area contributed by atoms with E-state index in [1.807, 2.05) is 42.5 Å². The summed E-state index contributed by atoms with van der Waals surface area (Å²) >= 11 is 0. The van der Waals surface area contributed by atoms with Crippen LogP contribution in [-0.4, -0.2) is 22.4 Å². The van der Waals surface area contributed by atoms with E-state index in [9.17, 15) is 5.11 Å². The first-order valence-corrected chi connectivity index (χ1v) is 8.02. The van der Waals surface area contributed by atoms with Gasteiger partial charge in [-0.2, -0.15) is 0 Å². The van der Waals surface area contributed by atoms with Crippen molar-refractivity contribution in [3.8, 4) is 5.75 Å². The van der Waals surface area contributed by atoms with Crippen molar-refractivity contribution in [1.82, 2.24) is 4.57 Å². The molecule has 1 aromatic heterocycles. The van der Waals surface area contributed by atoms with Gasteiger partial charge in [0.15, 0.2) is 11.0 Å². The van der Waals surface area contributed by atoms with E-state index >= 15 is 0 Å². The molecule has 0 unspecified atom stereocenters. The van der Waals surface area contributed by atoms with E-state index in [1.165, 1.54) is 11.3 Å². The van der Waals surface area contributed by atoms with E-state index in [4.69, 9.17) is 4.74 Å². The lowest BCUT2D eigenvalue weighted by Gasteiger charge is -2.12. The molecule has 0 aliphatic carbocycles. The number of nitrogens with zero attached hydrogens (tertiary/aromatic N) is 2. The maximum absolute atomic E-state index is 10.4. The number of para-hydroxylation sites is 3. The van der Waals surface area contributed by atoms with Crippen molar-refractivity contribution in [3.63, 3.8) is 0 Å². The average molecular weight is 311 g/mol. The van der Waals surface area contributed by atoms with Gasteiger partial charge in [0.2, 0.25) is 0 Å². The molecule has 3 aromatic rings. The molecule has 1 atom stereocenters. The van der Waals surface area contributed by atoms with Gasteiger partial charge in [0, 0.05) is 6.42 Å². The van der Waals surface area contributed by atoms with Gasteiger partial charge in [0.1, 0.15) is 25.0 Å². The van der Waals surface area contributed by atoms with Crippen molar-refractivity contribution in [2.45, 2.75) is 26.0 Å². The summed E-state index contributed by atoms with van der Waals surface area (Å²) in [5, 5.41) is 10.4. The standard InChI is InChI=1S/C19H23N2O2/c1-3-19-20(2)17-11-7-8-12-18(17)21(19)13-15(22)14-23-16-9-5-4-6-10-16/h4-12,15,22H,3,13-14H2,1-2H3/q+1/t15-/m1/s1. The Kier molecular flexibility index (Phi) is 4.63. The van der Waals surface area contributed by atoms with E-state index in [2.05, 4.69) is 35.2 Å². The van der Waals surface area contributed by atoms with Crippen LogP contribution in [0.5, 0.6) is 5.75 Å². The van der Waals surface area contributed by atoms with Crippen molar-refractivity contribution >= 4 is 11.0 Å². The molecule has 0 saturated heterocycles. The highest BCUT2D eigenvalue weighted by molar-refractivity contribution is 5.72. The molecule has 2 aromatic carbocycles. The van der Waals surface area contributed by atoms with Gasteiger partial charge in [-0.15, -0.1) is 0 Å². The third kappa shape index (κ3) is 3.22. The number of imidazole rings is 1. The first kappa shape index (κ1) is 15.6. The minimum absolute atomic E-state index is 0.281. The second kappa shape index (κ2) is 6.84. The van der Waals surface area contributed by atoms with Gasteiger partial charge in [0.25, 0.3) is 5.82 Å². The predicted molar refractivity (Wildman–Crippen MR) is 90.4 cm³/mol. The van der Waals surface area contributed by atoms with Crippen LogP contribution in [0.2, 0.25) is 0 Å². The zero-order chi connectivity index (χ0) is 16.2. The lowest BCUT2D eigenvalue weighted by molar-refractivity contribution is -0.653. The van der Waals surface area contributed by atoms with E-state index in [-0.39, 0.29) is 6.61 Å². The molecule has 120 valence electrons. The van der Waals surface area contributed by atoms with E-state index in [0.29, 0.717) is 6.54 Å². The quantitative estimate of drug-likeness (QED) is 0.710. The number of benzene rings is 2. The largest absolute Gasteiger partial charge is 0.491 e. The summed E-state index contributed by atoms with van der Waals surface area (Å²) in [6.45, 7) is 2.94. The Labute approximate surface area is 136 Å². The Hall–Kier alpha value is -2.33. The molecule has 0 saturated carbocycles. The Morgan fingerprint density at radius 3 is 2.52 bits per heavy atom. The summed E-state index contributed by atoms with van der Waals surface area (Å²) in [5.74, 6) is 1.98. The number of aromatic nitrogens is 2. The lowest BCUT2D eigenvalue weighted by atomic mass is 10.3. The van der Waals surface area contributed by atoms with Crippen molar-refractivity contribution in [3.05, 3.63) is 60.4 Å². The van der Waals surface area contributed by atoms with Gasteiger partial charge < -0.3 is 9.84 Å². The average Bonchev–Trinajstić information content (AvgIpc) is 2.86.